The highest BCUT2D eigenvalue weighted by Crippen LogP contribution is 2.33. The van der Waals surface area contributed by atoms with E-state index in [9.17, 15) is 14.7 Å². The molecule has 0 aliphatic carbocycles. The van der Waals surface area contributed by atoms with E-state index in [0.717, 1.165) is 64.6 Å². The largest absolute Gasteiger partial charge is 0.494 e. The normalized spacial score (nSPS) is 14.7. The quantitative estimate of drug-likeness (QED) is 0.163. The Bertz CT molecular complexity index is 1830. The zero-order chi connectivity index (χ0) is 31.5. The molecule has 1 amide bonds. The fourth-order valence-electron chi connectivity index (χ4n) is 5.96. The number of nitrogens with one attached hydrogen (secondary N) is 2. The Kier molecular flexibility index (Phi) is 8.82. The number of rotatable bonds is 10. The molecule has 0 saturated carbocycles. The van der Waals surface area contributed by atoms with E-state index in [4.69, 9.17) is 4.74 Å². The summed E-state index contributed by atoms with van der Waals surface area (Å²) >= 11 is 2.86. The van der Waals surface area contributed by atoms with Gasteiger partial charge in [0.05, 0.1) is 16.8 Å². The standard InChI is InChI=1S/C34H34N6O4S2/c41-31(38-33-36-27-7-1-2-8-28(27)45-33)25-6-3-5-22-14-17-40(21-26(22)25)34-37-30(32(42)43)29(46-34)9-4-20-44-24-12-10-23(11-13-24)39-18-15-35-16-19-39/h1-3,5-8,10-13,35H,4,9,14-21H2,(H,42,43)(H,36,38,41). The van der Waals surface area contributed by atoms with Crippen molar-refractivity contribution in [3.05, 3.63) is 94.0 Å². The molecular weight excluding hydrogens is 621 g/mol. The van der Waals surface area contributed by atoms with Crippen molar-refractivity contribution in [1.82, 2.24) is 15.3 Å². The zero-order valence-corrected chi connectivity index (χ0v) is 26.8. The molecule has 2 aliphatic heterocycles. The number of hydrogen-bond donors (Lipinski definition) is 3. The summed E-state index contributed by atoms with van der Waals surface area (Å²) in [5.41, 5.74) is 4.77. The molecule has 1 saturated heterocycles. The van der Waals surface area contributed by atoms with Crippen LogP contribution in [0.5, 0.6) is 5.75 Å². The van der Waals surface area contributed by atoms with E-state index >= 15 is 0 Å². The number of benzene rings is 3. The number of aryl methyl sites for hydroxylation is 1. The predicted molar refractivity (Wildman–Crippen MR) is 183 cm³/mol. The Morgan fingerprint density at radius 1 is 0.935 bits per heavy atom. The number of carboxylic acids is 1. The molecule has 12 heteroatoms. The molecule has 4 heterocycles. The van der Waals surface area contributed by atoms with Gasteiger partial charge in [-0.3, -0.25) is 10.1 Å². The van der Waals surface area contributed by atoms with Crippen molar-refractivity contribution in [3.8, 4) is 5.75 Å². The first-order chi connectivity index (χ1) is 22.5. The summed E-state index contributed by atoms with van der Waals surface area (Å²) in [5.74, 6) is -0.435. The van der Waals surface area contributed by atoms with E-state index in [2.05, 4.69) is 48.6 Å². The summed E-state index contributed by atoms with van der Waals surface area (Å²) in [5, 5.41) is 17.5. The maximum atomic E-state index is 13.4. The third kappa shape index (κ3) is 6.55. The first kappa shape index (κ1) is 30.2. The molecule has 2 aromatic heterocycles. The fraction of sp³-hybridized carbons (Fsp3) is 0.294. The zero-order valence-electron chi connectivity index (χ0n) is 25.2. The van der Waals surface area contributed by atoms with Crippen LogP contribution in [0.2, 0.25) is 0 Å². The number of thiazole rings is 2. The number of para-hydroxylation sites is 1. The second-order valence-corrected chi connectivity index (χ2v) is 13.4. The lowest BCUT2D eigenvalue weighted by Crippen LogP contribution is -2.43. The second kappa shape index (κ2) is 13.5. The van der Waals surface area contributed by atoms with Gasteiger partial charge in [0.15, 0.2) is 16.0 Å². The van der Waals surface area contributed by atoms with Crippen molar-refractivity contribution in [1.29, 1.82) is 0 Å². The van der Waals surface area contributed by atoms with Gasteiger partial charge >= 0.3 is 5.97 Å². The van der Waals surface area contributed by atoms with Gasteiger partial charge in [0.25, 0.3) is 5.91 Å². The molecule has 0 atom stereocenters. The number of hydrogen-bond acceptors (Lipinski definition) is 10. The van der Waals surface area contributed by atoms with Crippen molar-refractivity contribution >= 4 is 60.7 Å². The summed E-state index contributed by atoms with van der Waals surface area (Å²) in [6.45, 7) is 5.61. The molecule has 236 valence electrons. The summed E-state index contributed by atoms with van der Waals surface area (Å²) in [7, 11) is 0. The van der Waals surface area contributed by atoms with Crippen molar-refractivity contribution in [2.24, 2.45) is 0 Å². The average molecular weight is 655 g/mol. The number of carboxylic acid groups (broad SMARTS) is 1. The number of nitrogens with zero attached hydrogens (tertiary/aromatic N) is 4. The van der Waals surface area contributed by atoms with Crippen LogP contribution in [-0.2, 0) is 19.4 Å². The number of anilines is 3. The minimum Gasteiger partial charge on any atom is -0.494 e. The molecule has 0 bridgehead atoms. The highest BCUT2D eigenvalue weighted by atomic mass is 32.1. The molecule has 5 aromatic rings. The van der Waals surface area contributed by atoms with E-state index in [1.165, 1.54) is 28.4 Å². The van der Waals surface area contributed by atoms with Gasteiger partial charge in [-0.1, -0.05) is 35.6 Å². The summed E-state index contributed by atoms with van der Waals surface area (Å²) in [6.07, 6.45) is 1.95. The molecule has 3 aromatic carbocycles. The second-order valence-electron chi connectivity index (χ2n) is 11.3. The lowest BCUT2D eigenvalue weighted by molar-refractivity contribution is 0.0690. The summed E-state index contributed by atoms with van der Waals surface area (Å²) in [6, 6.07) is 21.8. The maximum Gasteiger partial charge on any atom is 0.355 e. The average Bonchev–Trinajstić information content (AvgIpc) is 3.71. The van der Waals surface area contributed by atoms with Gasteiger partial charge in [0, 0.05) is 55.4 Å². The van der Waals surface area contributed by atoms with Gasteiger partial charge in [0.1, 0.15) is 5.75 Å². The van der Waals surface area contributed by atoms with Crippen LogP contribution in [0.15, 0.2) is 66.7 Å². The molecule has 7 rings (SSSR count). The lowest BCUT2D eigenvalue weighted by atomic mass is 9.94. The Morgan fingerprint density at radius 2 is 1.76 bits per heavy atom. The molecule has 1 fully saturated rings. The minimum atomic E-state index is -1.03. The number of piperazine rings is 1. The SMILES string of the molecule is O=C(Nc1nc2ccccc2s1)c1cccc2c1CN(c1nc(C(=O)O)c(CCCOc3ccc(N4CCNCC4)cc3)s1)CC2. The highest BCUT2D eigenvalue weighted by Gasteiger charge is 2.26. The van der Waals surface area contributed by atoms with Gasteiger partial charge in [-0.2, -0.15) is 0 Å². The van der Waals surface area contributed by atoms with E-state index in [1.54, 1.807) is 0 Å². The molecule has 2 aliphatic rings. The lowest BCUT2D eigenvalue weighted by Gasteiger charge is -2.29. The Hall–Kier alpha value is -4.52. The van der Waals surface area contributed by atoms with Gasteiger partial charge < -0.3 is 25.0 Å². The number of carbonyl (C=O) groups excluding carboxylic acids is 1. The predicted octanol–water partition coefficient (Wildman–Crippen LogP) is 5.69. The summed E-state index contributed by atoms with van der Waals surface area (Å²) in [4.78, 5) is 39.8. The number of ether oxygens (including phenoxy) is 1. The highest BCUT2D eigenvalue weighted by molar-refractivity contribution is 7.22. The molecule has 46 heavy (non-hydrogen) atoms. The fourth-order valence-corrected chi connectivity index (χ4v) is 7.94. The van der Waals surface area contributed by atoms with Crippen LogP contribution in [-0.4, -0.2) is 66.3 Å². The first-order valence-corrected chi connectivity index (χ1v) is 17.1. The van der Waals surface area contributed by atoms with Crippen LogP contribution >= 0.6 is 22.7 Å². The van der Waals surface area contributed by atoms with Crippen LogP contribution < -0.4 is 25.2 Å². The maximum absolute atomic E-state index is 13.4. The van der Waals surface area contributed by atoms with Crippen LogP contribution in [0.3, 0.4) is 0 Å². The Labute approximate surface area is 274 Å². The van der Waals surface area contributed by atoms with Crippen molar-refractivity contribution in [2.75, 3.05) is 54.4 Å². The van der Waals surface area contributed by atoms with Crippen LogP contribution in [0, 0.1) is 0 Å². The third-order valence-corrected chi connectivity index (χ3v) is 10.5. The smallest absolute Gasteiger partial charge is 0.355 e. The Morgan fingerprint density at radius 3 is 2.57 bits per heavy atom. The third-order valence-electron chi connectivity index (χ3n) is 8.33. The monoisotopic (exact) mass is 654 g/mol. The number of aromatic nitrogens is 2. The first-order valence-electron chi connectivity index (χ1n) is 15.5. The van der Waals surface area contributed by atoms with Crippen LogP contribution in [0.25, 0.3) is 10.2 Å². The van der Waals surface area contributed by atoms with Crippen molar-refractivity contribution < 1.29 is 19.4 Å². The molecule has 0 spiro atoms. The van der Waals surface area contributed by atoms with Crippen LogP contribution in [0.1, 0.15) is 43.3 Å². The van der Waals surface area contributed by atoms with Gasteiger partial charge in [-0.05, 0) is 72.9 Å². The topological polar surface area (TPSA) is 120 Å². The van der Waals surface area contributed by atoms with Crippen LogP contribution in [0.4, 0.5) is 16.0 Å². The number of amides is 1. The van der Waals surface area contributed by atoms with E-state index in [-0.39, 0.29) is 11.6 Å². The molecule has 0 radical (unpaired) electrons. The number of carbonyl (C=O) groups is 2. The molecular formula is C34H34N6O4S2. The van der Waals surface area contributed by atoms with E-state index in [0.29, 0.717) is 48.4 Å². The number of fused-ring (bicyclic) bond motifs is 2. The Balaban J connectivity index is 0.996. The van der Waals surface area contributed by atoms with E-state index < -0.39 is 5.97 Å². The molecule has 3 N–H and O–H groups in total. The summed E-state index contributed by atoms with van der Waals surface area (Å²) < 4.78 is 7.00. The molecule has 0 unspecified atom stereocenters. The number of aromatic carboxylic acids is 1. The van der Waals surface area contributed by atoms with Crippen molar-refractivity contribution in [2.45, 2.75) is 25.8 Å². The van der Waals surface area contributed by atoms with E-state index in [1.807, 2.05) is 48.5 Å². The molecule has 10 nitrogen and oxygen atoms in total. The minimum absolute atomic E-state index is 0.0908. The van der Waals surface area contributed by atoms with Gasteiger partial charge in [-0.15, -0.1) is 11.3 Å². The van der Waals surface area contributed by atoms with Crippen molar-refractivity contribution in [3.63, 3.8) is 0 Å². The van der Waals surface area contributed by atoms with Gasteiger partial charge in [0.2, 0.25) is 0 Å². The van der Waals surface area contributed by atoms with Gasteiger partial charge in [-0.25, -0.2) is 14.8 Å².